The molecule has 0 aromatic carbocycles. The first-order chi connectivity index (χ1) is 17.8. The van der Waals surface area contributed by atoms with Crippen molar-refractivity contribution in [3.63, 3.8) is 0 Å². The Morgan fingerprint density at radius 3 is 2.49 bits per heavy atom. The van der Waals surface area contributed by atoms with Crippen LogP contribution in [0.4, 0.5) is 0 Å². The smallest absolute Gasteiger partial charge is 0.256 e. The molecule has 1 atom stereocenters. The molecule has 0 spiro atoms. The molecule has 2 aromatic rings. The topological polar surface area (TPSA) is 77.7 Å². The first kappa shape index (κ1) is 26.6. The third kappa shape index (κ3) is 5.18. The predicted molar refractivity (Wildman–Crippen MR) is 149 cm³/mol. The van der Waals surface area contributed by atoms with Gasteiger partial charge in [-0.05, 0) is 83.0 Å². The zero-order valence-electron chi connectivity index (χ0n) is 23.0. The Kier molecular flexibility index (Phi) is 7.91. The van der Waals surface area contributed by atoms with Gasteiger partial charge in [-0.25, -0.2) is 0 Å². The fourth-order valence-electron chi connectivity index (χ4n) is 6.64. The van der Waals surface area contributed by atoms with Crippen molar-refractivity contribution in [3.05, 3.63) is 54.1 Å². The number of amides is 1. The van der Waals surface area contributed by atoms with Gasteiger partial charge < -0.3 is 14.6 Å². The number of aryl methyl sites for hydroxylation is 2. The molecule has 1 amide bonds. The van der Waals surface area contributed by atoms with Gasteiger partial charge in [0.15, 0.2) is 0 Å². The molecule has 7 nitrogen and oxygen atoms in total. The number of rotatable bonds is 8. The highest BCUT2D eigenvalue weighted by atomic mass is 32.1. The van der Waals surface area contributed by atoms with Crippen molar-refractivity contribution in [3.8, 4) is 0 Å². The van der Waals surface area contributed by atoms with Crippen molar-refractivity contribution >= 4 is 17.2 Å². The third-order valence-electron chi connectivity index (χ3n) is 8.61. The third-order valence-corrected chi connectivity index (χ3v) is 10.1. The minimum Gasteiger partial charge on any atom is -0.376 e. The summed E-state index contributed by atoms with van der Waals surface area (Å²) in [5.41, 5.74) is 4.42. The molecule has 5 rings (SSSR count). The molecule has 2 N–H and O–H groups in total. The van der Waals surface area contributed by atoms with E-state index in [-0.39, 0.29) is 17.6 Å². The van der Waals surface area contributed by atoms with Crippen LogP contribution >= 0.6 is 11.3 Å². The maximum Gasteiger partial charge on any atom is 0.256 e. The molecule has 8 heteroatoms. The van der Waals surface area contributed by atoms with Gasteiger partial charge in [0, 0.05) is 53.2 Å². The van der Waals surface area contributed by atoms with Gasteiger partial charge in [0.25, 0.3) is 11.5 Å². The summed E-state index contributed by atoms with van der Waals surface area (Å²) in [5, 5.41) is 3.51. The lowest BCUT2D eigenvalue weighted by molar-refractivity contribution is -0.0738. The van der Waals surface area contributed by atoms with E-state index in [1.54, 1.807) is 0 Å². The fourth-order valence-corrected chi connectivity index (χ4v) is 8.14. The summed E-state index contributed by atoms with van der Waals surface area (Å²) in [7, 11) is 0. The lowest BCUT2D eigenvalue weighted by atomic mass is 9.82. The van der Waals surface area contributed by atoms with E-state index >= 15 is 0 Å². The number of H-pyrrole nitrogens is 1. The van der Waals surface area contributed by atoms with Crippen molar-refractivity contribution < 1.29 is 9.53 Å². The summed E-state index contributed by atoms with van der Waals surface area (Å²) >= 11 is 1.87. The van der Waals surface area contributed by atoms with E-state index in [0.717, 1.165) is 49.5 Å². The number of carbonyl (C=O) groups is 1. The molecule has 1 saturated carbocycles. The number of likely N-dealkylation sites (tertiary alicyclic amines) is 1. The van der Waals surface area contributed by atoms with Crippen LogP contribution in [-0.4, -0.2) is 65.2 Å². The van der Waals surface area contributed by atoms with Crippen molar-refractivity contribution in [1.29, 1.82) is 0 Å². The highest BCUT2D eigenvalue weighted by molar-refractivity contribution is 7.12. The highest BCUT2D eigenvalue weighted by Crippen LogP contribution is 2.44. The van der Waals surface area contributed by atoms with Crippen LogP contribution in [0.15, 0.2) is 10.9 Å². The summed E-state index contributed by atoms with van der Waals surface area (Å²) < 4.78 is 5.75. The largest absolute Gasteiger partial charge is 0.376 e. The second-order valence-corrected chi connectivity index (χ2v) is 12.2. The summed E-state index contributed by atoms with van der Waals surface area (Å²) in [4.78, 5) is 36.7. The van der Waals surface area contributed by atoms with Crippen LogP contribution in [0.3, 0.4) is 0 Å². The SMILES string of the molecule is CCNC1Cc2sc(C3CCC(N4CC(OCC)C4)CC3)c(C)c2C(=O)N1Cc1c(C)cc(C)[nH]c1=O. The van der Waals surface area contributed by atoms with E-state index < -0.39 is 0 Å². The number of hydrogen-bond acceptors (Lipinski definition) is 6. The van der Waals surface area contributed by atoms with E-state index in [0.29, 0.717) is 30.2 Å². The summed E-state index contributed by atoms with van der Waals surface area (Å²) in [6.07, 6.45) is 5.94. The molecule has 1 unspecified atom stereocenters. The number of pyridine rings is 1. The average Bonchev–Trinajstić information content (AvgIpc) is 3.16. The predicted octanol–water partition coefficient (Wildman–Crippen LogP) is 4.24. The summed E-state index contributed by atoms with van der Waals surface area (Å²) in [5.74, 6) is 0.597. The highest BCUT2D eigenvalue weighted by Gasteiger charge is 2.39. The average molecular weight is 527 g/mol. The van der Waals surface area contributed by atoms with Crippen molar-refractivity contribution in [1.82, 2.24) is 20.1 Å². The Balaban J connectivity index is 1.33. The van der Waals surface area contributed by atoms with E-state index in [4.69, 9.17) is 4.74 Å². The van der Waals surface area contributed by atoms with Crippen LogP contribution in [-0.2, 0) is 17.7 Å². The minimum atomic E-state index is -0.101. The molecule has 0 bridgehead atoms. The van der Waals surface area contributed by atoms with Gasteiger partial charge in [-0.2, -0.15) is 0 Å². The summed E-state index contributed by atoms with van der Waals surface area (Å²) in [6.45, 7) is 14.2. The monoisotopic (exact) mass is 526 g/mol. The molecule has 1 saturated heterocycles. The van der Waals surface area contributed by atoms with Crippen LogP contribution in [0.1, 0.15) is 87.9 Å². The molecular weight excluding hydrogens is 484 g/mol. The maximum absolute atomic E-state index is 13.9. The van der Waals surface area contributed by atoms with E-state index in [1.807, 2.05) is 36.2 Å². The van der Waals surface area contributed by atoms with Crippen molar-refractivity contribution in [2.75, 3.05) is 26.2 Å². The normalized spacial score (nSPS) is 24.8. The van der Waals surface area contributed by atoms with Gasteiger partial charge in [0.05, 0.1) is 24.4 Å². The first-order valence-electron chi connectivity index (χ1n) is 14.0. The Morgan fingerprint density at radius 2 is 1.84 bits per heavy atom. The number of nitrogens with one attached hydrogen (secondary N) is 2. The Hall–Kier alpha value is -2.00. The van der Waals surface area contributed by atoms with Gasteiger partial charge in [-0.1, -0.05) is 6.92 Å². The number of aromatic nitrogens is 1. The zero-order valence-corrected chi connectivity index (χ0v) is 23.8. The first-order valence-corrected chi connectivity index (χ1v) is 14.8. The molecule has 2 fully saturated rings. The van der Waals surface area contributed by atoms with Crippen LogP contribution in [0.25, 0.3) is 0 Å². The number of nitrogens with zero attached hydrogens (tertiary/aromatic N) is 2. The molecule has 37 heavy (non-hydrogen) atoms. The number of aromatic amines is 1. The van der Waals surface area contributed by atoms with Gasteiger partial charge in [-0.3, -0.25) is 19.8 Å². The van der Waals surface area contributed by atoms with Crippen LogP contribution < -0.4 is 10.9 Å². The van der Waals surface area contributed by atoms with E-state index in [9.17, 15) is 9.59 Å². The quantitative estimate of drug-likeness (QED) is 0.538. The molecule has 3 aliphatic rings. The number of carbonyl (C=O) groups excluding carboxylic acids is 1. The number of likely N-dealkylation sites (N-methyl/N-ethyl adjacent to an activating group) is 1. The molecule has 0 radical (unpaired) electrons. The number of ether oxygens (including phenoxy) is 1. The van der Waals surface area contributed by atoms with Gasteiger partial charge in [0.1, 0.15) is 0 Å². The van der Waals surface area contributed by atoms with Crippen molar-refractivity contribution in [2.24, 2.45) is 0 Å². The number of thiophene rings is 1. The number of fused-ring (bicyclic) bond motifs is 1. The van der Waals surface area contributed by atoms with Gasteiger partial charge >= 0.3 is 0 Å². The summed E-state index contributed by atoms with van der Waals surface area (Å²) in [6, 6.07) is 2.66. The standard InChI is InChI=1S/C29H42N4O3S/c1-6-30-25-13-24-26(29(35)33(25)16-23-17(3)12-18(4)31-28(23)34)19(5)27(37-24)20-8-10-21(11-9-20)32-14-22(15-32)36-7-2/h12,20-22,25,30H,6-11,13-16H2,1-5H3,(H,31,34). The number of hydrogen-bond donors (Lipinski definition) is 2. The van der Waals surface area contributed by atoms with Gasteiger partial charge in [-0.15, -0.1) is 11.3 Å². The minimum absolute atomic E-state index is 0.0582. The lowest BCUT2D eigenvalue weighted by Gasteiger charge is -2.46. The second-order valence-electron chi connectivity index (χ2n) is 11.1. The fraction of sp³-hybridized carbons (Fsp3) is 0.655. The van der Waals surface area contributed by atoms with Crippen molar-refractivity contribution in [2.45, 2.75) is 97.5 Å². The molecule has 2 aromatic heterocycles. The molecule has 2 aliphatic heterocycles. The van der Waals surface area contributed by atoms with Crippen LogP contribution in [0.2, 0.25) is 0 Å². The van der Waals surface area contributed by atoms with Gasteiger partial charge in [0.2, 0.25) is 0 Å². The Bertz CT molecular complexity index is 1190. The van der Waals surface area contributed by atoms with Crippen LogP contribution in [0, 0.1) is 20.8 Å². The Morgan fingerprint density at radius 1 is 1.11 bits per heavy atom. The van der Waals surface area contributed by atoms with E-state index in [1.165, 1.54) is 41.0 Å². The zero-order chi connectivity index (χ0) is 26.3. The second kappa shape index (κ2) is 11.0. The molecule has 202 valence electrons. The molecular formula is C29H42N4O3S. The van der Waals surface area contributed by atoms with E-state index in [2.05, 4.69) is 36.0 Å². The lowest BCUT2D eigenvalue weighted by Crippen LogP contribution is -2.57. The Labute approximate surface area is 224 Å². The molecule has 4 heterocycles. The maximum atomic E-state index is 13.9. The molecule has 1 aliphatic carbocycles. The van der Waals surface area contributed by atoms with Crippen LogP contribution in [0.5, 0.6) is 0 Å².